The summed E-state index contributed by atoms with van der Waals surface area (Å²) >= 11 is 0. The lowest BCUT2D eigenvalue weighted by atomic mass is 10.1. The Kier molecular flexibility index (Phi) is 8.50. The molecule has 0 amide bonds. The van der Waals surface area contributed by atoms with E-state index in [1.807, 2.05) is 18.2 Å². The van der Waals surface area contributed by atoms with Crippen molar-refractivity contribution in [3.63, 3.8) is 0 Å². The molecular formula is C20H27NO4. The minimum atomic E-state index is -0.985. The Labute approximate surface area is 149 Å². The van der Waals surface area contributed by atoms with Gasteiger partial charge in [0.1, 0.15) is 17.5 Å². The van der Waals surface area contributed by atoms with Crippen LogP contribution in [0.5, 0.6) is 11.5 Å². The average Bonchev–Trinajstić information content (AvgIpc) is 2.62. The molecule has 0 aliphatic carbocycles. The van der Waals surface area contributed by atoms with E-state index in [1.54, 1.807) is 26.4 Å². The van der Waals surface area contributed by atoms with Crippen molar-refractivity contribution in [2.45, 2.75) is 32.7 Å². The van der Waals surface area contributed by atoms with Gasteiger partial charge in [-0.2, -0.15) is 0 Å². The fraction of sp³-hybridized carbons (Fsp3) is 0.350. The van der Waals surface area contributed by atoms with Gasteiger partial charge in [0, 0.05) is 0 Å². The number of benzene rings is 2. The first-order valence-electron chi connectivity index (χ1n) is 8.16. The lowest BCUT2D eigenvalue weighted by Gasteiger charge is -2.06. The van der Waals surface area contributed by atoms with Crippen molar-refractivity contribution in [1.82, 2.24) is 0 Å². The van der Waals surface area contributed by atoms with Gasteiger partial charge in [0.25, 0.3) is 0 Å². The fourth-order valence-corrected chi connectivity index (χ4v) is 2.26. The van der Waals surface area contributed by atoms with E-state index in [1.165, 1.54) is 11.1 Å². The van der Waals surface area contributed by atoms with E-state index in [0.29, 0.717) is 6.42 Å². The molecule has 0 bridgehead atoms. The highest BCUT2D eigenvalue weighted by molar-refractivity contribution is 5.73. The Hall–Kier alpha value is -2.53. The average molecular weight is 345 g/mol. The lowest BCUT2D eigenvalue weighted by molar-refractivity contribution is -0.138. The van der Waals surface area contributed by atoms with Gasteiger partial charge < -0.3 is 20.3 Å². The molecule has 5 nitrogen and oxygen atoms in total. The number of rotatable bonds is 6. The highest BCUT2D eigenvalue weighted by Crippen LogP contribution is 2.18. The van der Waals surface area contributed by atoms with E-state index in [0.717, 1.165) is 23.5 Å². The van der Waals surface area contributed by atoms with Crippen molar-refractivity contribution >= 4 is 5.97 Å². The summed E-state index contributed by atoms with van der Waals surface area (Å²) in [5.41, 5.74) is 8.86. The molecule has 0 fully saturated rings. The van der Waals surface area contributed by atoms with Crippen LogP contribution in [0.15, 0.2) is 42.5 Å². The second-order valence-corrected chi connectivity index (χ2v) is 5.65. The smallest absolute Gasteiger partial charge is 0.320 e. The molecule has 0 saturated heterocycles. The molecule has 0 unspecified atom stereocenters. The minimum absolute atomic E-state index is 0.333. The number of carboxylic acids is 1. The van der Waals surface area contributed by atoms with E-state index in [9.17, 15) is 4.79 Å². The van der Waals surface area contributed by atoms with Gasteiger partial charge in [0.15, 0.2) is 0 Å². The molecule has 136 valence electrons. The standard InChI is InChI=1S/C10H13NO3.C10H14O/c1-14-8-4-2-7(3-5-8)6-9(11)10(12)13;1-4-9-5-6-10(11-3)8(2)7-9/h2-5,9H,6,11H2,1H3,(H,12,13);5-7H,4H2,1-3H3/t9-;/m0./s1. The molecule has 0 aliphatic heterocycles. The quantitative estimate of drug-likeness (QED) is 0.840. The Bertz CT molecular complexity index is 668. The monoisotopic (exact) mass is 345 g/mol. The van der Waals surface area contributed by atoms with Crippen LogP contribution in [-0.4, -0.2) is 31.3 Å². The molecule has 3 N–H and O–H groups in total. The van der Waals surface area contributed by atoms with Gasteiger partial charge in [-0.15, -0.1) is 0 Å². The lowest BCUT2D eigenvalue weighted by Crippen LogP contribution is -2.32. The zero-order chi connectivity index (χ0) is 18.8. The highest BCUT2D eigenvalue weighted by Gasteiger charge is 2.11. The van der Waals surface area contributed by atoms with Gasteiger partial charge in [0.2, 0.25) is 0 Å². The summed E-state index contributed by atoms with van der Waals surface area (Å²) in [6.07, 6.45) is 1.42. The number of carbonyl (C=O) groups is 1. The molecule has 0 spiro atoms. The van der Waals surface area contributed by atoms with Gasteiger partial charge in [-0.1, -0.05) is 31.2 Å². The van der Waals surface area contributed by atoms with E-state index in [2.05, 4.69) is 26.0 Å². The van der Waals surface area contributed by atoms with Gasteiger partial charge in [0.05, 0.1) is 14.2 Å². The van der Waals surface area contributed by atoms with E-state index in [4.69, 9.17) is 20.3 Å². The third kappa shape index (κ3) is 6.85. The molecule has 25 heavy (non-hydrogen) atoms. The van der Waals surface area contributed by atoms with Crippen molar-refractivity contribution in [2.24, 2.45) is 5.73 Å². The number of aliphatic carboxylic acids is 1. The minimum Gasteiger partial charge on any atom is -0.497 e. The van der Waals surface area contributed by atoms with Gasteiger partial charge in [-0.3, -0.25) is 4.79 Å². The van der Waals surface area contributed by atoms with Crippen LogP contribution in [0.1, 0.15) is 23.6 Å². The molecule has 0 radical (unpaired) electrons. The summed E-state index contributed by atoms with van der Waals surface area (Å²) < 4.78 is 10.1. The molecule has 5 heteroatoms. The first-order valence-corrected chi connectivity index (χ1v) is 8.16. The van der Waals surface area contributed by atoms with E-state index in [-0.39, 0.29) is 0 Å². The predicted molar refractivity (Wildman–Crippen MR) is 99.4 cm³/mol. The number of methoxy groups -OCH3 is 2. The third-order valence-corrected chi connectivity index (χ3v) is 3.80. The summed E-state index contributed by atoms with van der Waals surface area (Å²) in [6, 6.07) is 12.6. The maximum atomic E-state index is 10.5. The van der Waals surface area contributed by atoms with Crippen LogP contribution < -0.4 is 15.2 Å². The SMILES string of the molecule is CCc1ccc(OC)c(C)c1.COc1ccc(C[C@H](N)C(=O)O)cc1. The Balaban J connectivity index is 0.000000257. The first-order chi connectivity index (χ1) is 11.9. The number of aryl methyl sites for hydroxylation is 2. The second kappa shape index (κ2) is 10.4. The second-order valence-electron chi connectivity index (χ2n) is 5.65. The van der Waals surface area contributed by atoms with Crippen LogP contribution in [0.2, 0.25) is 0 Å². The molecule has 1 atom stereocenters. The maximum Gasteiger partial charge on any atom is 0.320 e. The Morgan fingerprint density at radius 3 is 2.12 bits per heavy atom. The van der Waals surface area contributed by atoms with Crippen LogP contribution >= 0.6 is 0 Å². The maximum absolute atomic E-state index is 10.5. The number of hydrogen-bond acceptors (Lipinski definition) is 4. The van der Waals surface area contributed by atoms with Crippen molar-refractivity contribution in [3.8, 4) is 11.5 Å². The topological polar surface area (TPSA) is 81.8 Å². The molecule has 2 aromatic carbocycles. The summed E-state index contributed by atoms with van der Waals surface area (Å²) in [6.45, 7) is 4.22. The number of ether oxygens (including phenoxy) is 2. The molecule has 0 saturated carbocycles. The van der Waals surface area contributed by atoms with Gasteiger partial charge in [-0.05, 0) is 54.7 Å². The molecule has 2 aromatic rings. The van der Waals surface area contributed by atoms with Crippen LogP contribution in [0.4, 0.5) is 0 Å². The molecule has 0 aliphatic rings. The van der Waals surface area contributed by atoms with Crippen molar-refractivity contribution in [1.29, 1.82) is 0 Å². The molecular weight excluding hydrogens is 318 g/mol. The zero-order valence-electron chi connectivity index (χ0n) is 15.3. The van der Waals surface area contributed by atoms with E-state index >= 15 is 0 Å². The predicted octanol–water partition coefficient (Wildman–Crippen LogP) is 3.22. The van der Waals surface area contributed by atoms with Crippen LogP contribution in [-0.2, 0) is 17.6 Å². The molecule has 0 heterocycles. The molecule has 2 rings (SSSR count). The highest BCUT2D eigenvalue weighted by atomic mass is 16.5. The number of hydrogen-bond donors (Lipinski definition) is 2. The Morgan fingerprint density at radius 2 is 1.68 bits per heavy atom. The largest absolute Gasteiger partial charge is 0.497 e. The van der Waals surface area contributed by atoms with Gasteiger partial charge in [-0.25, -0.2) is 0 Å². The first kappa shape index (κ1) is 20.5. The van der Waals surface area contributed by atoms with Crippen molar-refractivity contribution in [3.05, 3.63) is 59.2 Å². The van der Waals surface area contributed by atoms with Crippen molar-refractivity contribution in [2.75, 3.05) is 14.2 Å². The summed E-state index contributed by atoms with van der Waals surface area (Å²) in [7, 11) is 3.28. The fourth-order valence-electron chi connectivity index (χ4n) is 2.26. The summed E-state index contributed by atoms with van der Waals surface area (Å²) in [4.78, 5) is 10.5. The normalized spacial score (nSPS) is 11.1. The third-order valence-electron chi connectivity index (χ3n) is 3.80. The van der Waals surface area contributed by atoms with Crippen LogP contribution in [0, 0.1) is 6.92 Å². The van der Waals surface area contributed by atoms with E-state index < -0.39 is 12.0 Å². The summed E-state index contributed by atoms with van der Waals surface area (Å²) in [5.74, 6) is 0.737. The number of nitrogens with two attached hydrogens (primary N) is 1. The zero-order valence-corrected chi connectivity index (χ0v) is 15.3. The molecule has 0 aromatic heterocycles. The van der Waals surface area contributed by atoms with Crippen LogP contribution in [0.25, 0.3) is 0 Å². The Morgan fingerprint density at radius 1 is 1.08 bits per heavy atom. The van der Waals surface area contributed by atoms with Crippen molar-refractivity contribution < 1.29 is 19.4 Å². The van der Waals surface area contributed by atoms with Crippen LogP contribution in [0.3, 0.4) is 0 Å². The summed E-state index contributed by atoms with van der Waals surface area (Å²) in [5, 5.41) is 8.59. The number of carboxylic acid groups (broad SMARTS) is 1. The van der Waals surface area contributed by atoms with Gasteiger partial charge >= 0.3 is 5.97 Å².